The van der Waals surface area contributed by atoms with Gasteiger partial charge in [-0.3, -0.25) is 4.79 Å². The van der Waals surface area contributed by atoms with E-state index in [1.54, 1.807) is 10.6 Å². The summed E-state index contributed by atoms with van der Waals surface area (Å²) in [5.74, 6) is 0. The number of hydrogen-bond donors (Lipinski definition) is 1. The van der Waals surface area contributed by atoms with Crippen LogP contribution in [0.1, 0.15) is 26.5 Å². The summed E-state index contributed by atoms with van der Waals surface area (Å²) in [6.07, 6.45) is 2.77. The molecule has 3 aromatic rings. The summed E-state index contributed by atoms with van der Waals surface area (Å²) in [7, 11) is 0. The van der Waals surface area contributed by atoms with E-state index in [2.05, 4.69) is 30.9 Å². The molecule has 0 aliphatic carbocycles. The Bertz CT molecular complexity index is 839. The van der Waals surface area contributed by atoms with Crippen molar-refractivity contribution in [1.29, 1.82) is 0 Å². The Labute approximate surface area is 108 Å². The minimum absolute atomic E-state index is 0.0913. The summed E-state index contributed by atoms with van der Waals surface area (Å²) in [5, 5.41) is 14.2. The lowest BCUT2D eigenvalue weighted by atomic mass is 9.93. The van der Waals surface area contributed by atoms with Crippen molar-refractivity contribution in [3.8, 4) is 0 Å². The van der Waals surface area contributed by atoms with E-state index in [1.807, 2.05) is 6.07 Å². The fraction of sp³-hybridized carbons (Fsp3) is 0.308. The van der Waals surface area contributed by atoms with Crippen LogP contribution >= 0.6 is 0 Å². The van der Waals surface area contributed by atoms with Gasteiger partial charge in [-0.2, -0.15) is 9.83 Å². The molecule has 1 N–H and O–H groups in total. The second-order valence-electron chi connectivity index (χ2n) is 5.57. The van der Waals surface area contributed by atoms with E-state index >= 15 is 0 Å². The van der Waals surface area contributed by atoms with Gasteiger partial charge in [0.05, 0.1) is 16.6 Å². The van der Waals surface area contributed by atoms with Gasteiger partial charge in [0.1, 0.15) is 0 Å². The van der Waals surface area contributed by atoms with Crippen LogP contribution in [-0.2, 0) is 5.41 Å². The zero-order valence-electron chi connectivity index (χ0n) is 11.0. The molecule has 98 valence electrons. The van der Waals surface area contributed by atoms with Crippen molar-refractivity contribution < 1.29 is 5.21 Å². The molecule has 6 heteroatoms. The normalized spacial score (nSPS) is 12.4. The van der Waals surface area contributed by atoms with Crippen LogP contribution < -0.4 is 5.56 Å². The molecular weight excluding hydrogens is 244 g/mol. The monoisotopic (exact) mass is 258 g/mol. The van der Waals surface area contributed by atoms with Crippen molar-refractivity contribution in [3.63, 3.8) is 0 Å². The fourth-order valence-electron chi connectivity index (χ4n) is 1.98. The van der Waals surface area contributed by atoms with Gasteiger partial charge in [-0.15, -0.1) is 0 Å². The lowest BCUT2D eigenvalue weighted by Gasteiger charge is -2.13. The lowest BCUT2D eigenvalue weighted by Crippen LogP contribution is -2.18. The predicted octanol–water partition coefficient (Wildman–Crippen LogP) is 1.58. The average molecular weight is 258 g/mol. The van der Waals surface area contributed by atoms with E-state index in [1.165, 1.54) is 12.4 Å². The Kier molecular flexibility index (Phi) is 2.20. The largest absolute Gasteiger partial charge is 0.425 e. The molecule has 0 aliphatic rings. The first-order valence-electron chi connectivity index (χ1n) is 5.98. The second-order valence-corrected chi connectivity index (χ2v) is 5.57. The van der Waals surface area contributed by atoms with Gasteiger partial charge in [-0.05, 0) is 6.07 Å². The summed E-state index contributed by atoms with van der Waals surface area (Å²) in [5.41, 5.74) is 1.63. The van der Waals surface area contributed by atoms with E-state index in [0.29, 0.717) is 21.3 Å². The zero-order valence-corrected chi connectivity index (χ0v) is 11.0. The first kappa shape index (κ1) is 11.7. The van der Waals surface area contributed by atoms with Gasteiger partial charge < -0.3 is 5.21 Å². The number of rotatable bonds is 0. The van der Waals surface area contributed by atoms with Gasteiger partial charge in [-0.1, -0.05) is 20.8 Å². The summed E-state index contributed by atoms with van der Waals surface area (Å²) in [6, 6.07) is 3.55. The summed E-state index contributed by atoms with van der Waals surface area (Å²) >= 11 is 0. The van der Waals surface area contributed by atoms with E-state index in [4.69, 9.17) is 0 Å². The fourth-order valence-corrected chi connectivity index (χ4v) is 1.98. The van der Waals surface area contributed by atoms with Crippen molar-refractivity contribution in [2.45, 2.75) is 26.2 Å². The standard InChI is InChI=1S/C13H14N4O2/c1-13(2,3)10-6-11-14-7-8-9(17(11)15-10)4-5-16(19)12(8)18/h4-7,19H,1-3H3. The summed E-state index contributed by atoms with van der Waals surface area (Å²) in [4.78, 5) is 16.0. The van der Waals surface area contributed by atoms with E-state index in [0.717, 1.165) is 5.69 Å². The molecule has 3 rings (SSSR count). The highest BCUT2D eigenvalue weighted by molar-refractivity contribution is 5.79. The Morgan fingerprint density at radius 1 is 1.32 bits per heavy atom. The molecule has 0 spiro atoms. The SMILES string of the molecule is CC(C)(C)c1cc2ncc3c(=O)n(O)ccc3n2n1. The van der Waals surface area contributed by atoms with Crippen LogP contribution in [0.5, 0.6) is 0 Å². The molecule has 6 nitrogen and oxygen atoms in total. The maximum absolute atomic E-state index is 11.8. The second kappa shape index (κ2) is 3.57. The lowest BCUT2D eigenvalue weighted by molar-refractivity contribution is 0.176. The molecule has 0 bridgehead atoms. The van der Waals surface area contributed by atoms with E-state index in [9.17, 15) is 10.0 Å². The molecule has 0 fully saturated rings. The molecule has 0 aliphatic heterocycles. The average Bonchev–Trinajstić information content (AvgIpc) is 2.77. The first-order chi connectivity index (χ1) is 8.88. The molecule has 3 aromatic heterocycles. The summed E-state index contributed by atoms with van der Waals surface area (Å²) in [6.45, 7) is 6.20. The predicted molar refractivity (Wildman–Crippen MR) is 70.6 cm³/mol. The molecule has 0 radical (unpaired) electrons. The van der Waals surface area contributed by atoms with E-state index < -0.39 is 5.56 Å². The third-order valence-corrected chi connectivity index (χ3v) is 3.10. The number of fused-ring (bicyclic) bond motifs is 3. The molecule has 0 aromatic carbocycles. The summed E-state index contributed by atoms with van der Waals surface area (Å²) < 4.78 is 2.18. The molecule has 0 saturated carbocycles. The number of hydrogen-bond acceptors (Lipinski definition) is 4. The zero-order chi connectivity index (χ0) is 13.8. The van der Waals surface area contributed by atoms with Crippen molar-refractivity contribution in [1.82, 2.24) is 19.3 Å². The molecule has 0 atom stereocenters. The Balaban J connectivity index is 2.44. The smallest absolute Gasteiger partial charge is 0.293 e. The topological polar surface area (TPSA) is 72.4 Å². The highest BCUT2D eigenvalue weighted by atomic mass is 16.5. The van der Waals surface area contributed by atoms with Crippen LogP contribution in [0.15, 0.2) is 29.3 Å². The highest BCUT2D eigenvalue weighted by Crippen LogP contribution is 2.22. The first-order valence-corrected chi connectivity index (χ1v) is 5.98. The maximum Gasteiger partial charge on any atom is 0.293 e. The van der Waals surface area contributed by atoms with Crippen molar-refractivity contribution in [2.24, 2.45) is 0 Å². The van der Waals surface area contributed by atoms with Crippen LogP contribution in [0, 0.1) is 0 Å². The Morgan fingerprint density at radius 3 is 2.74 bits per heavy atom. The van der Waals surface area contributed by atoms with Crippen LogP contribution in [-0.4, -0.2) is 24.5 Å². The van der Waals surface area contributed by atoms with Crippen LogP contribution in [0.2, 0.25) is 0 Å². The van der Waals surface area contributed by atoms with Crippen molar-refractivity contribution in [3.05, 3.63) is 40.6 Å². The maximum atomic E-state index is 11.8. The molecular formula is C13H14N4O2. The van der Waals surface area contributed by atoms with Crippen LogP contribution in [0.4, 0.5) is 0 Å². The van der Waals surface area contributed by atoms with Gasteiger partial charge in [0.2, 0.25) is 0 Å². The number of pyridine rings is 1. The Hall–Kier alpha value is -2.37. The minimum Gasteiger partial charge on any atom is -0.425 e. The Morgan fingerprint density at radius 2 is 2.05 bits per heavy atom. The van der Waals surface area contributed by atoms with Gasteiger partial charge >= 0.3 is 0 Å². The molecule has 0 amide bonds. The van der Waals surface area contributed by atoms with Gasteiger partial charge in [0.15, 0.2) is 5.65 Å². The third kappa shape index (κ3) is 1.68. The molecule has 19 heavy (non-hydrogen) atoms. The van der Waals surface area contributed by atoms with Crippen LogP contribution in [0.3, 0.4) is 0 Å². The minimum atomic E-state index is -0.500. The van der Waals surface area contributed by atoms with Crippen LogP contribution in [0.25, 0.3) is 16.6 Å². The quantitative estimate of drug-likeness (QED) is 0.621. The van der Waals surface area contributed by atoms with E-state index in [-0.39, 0.29) is 5.41 Å². The van der Waals surface area contributed by atoms with Gasteiger partial charge in [0.25, 0.3) is 5.56 Å². The third-order valence-electron chi connectivity index (χ3n) is 3.10. The number of aromatic nitrogens is 4. The van der Waals surface area contributed by atoms with Gasteiger partial charge in [-0.25, -0.2) is 9.50 Å². The molecule has 0 unspecified atom stereocenters. The van der Waals surface area contributed by atoms with Gasteiger partial charge in [0, 0.05) is 23.9 Å². The number of nitrogens with zero attached hydrogens (tertiary/aromatic N) is 4. The van der Waals surface area contributed by atoms with Crippen molar-refractivity contribution >= 4 is 16.6 Å². The van der Waals surface area contributed by atoms with Crippen molar-refractivity contribution in [2.75, 3.05) is 0 Å². The molecule has 3 heterocycles. The highest BCUT2D eigenvalue weighted by Gasteiger charge is 2.19. The molecule has 0 saturated heterocycles.